The van der Waals surface area contributed by atoms with Gasteiger partial charge in [-0.3, -0.25) is 4.99 Å². The summed E-state index contributed by atoms with van der Waals surface area (Å²) < 4.78 is 3.68. The molecule has 0 radical (unpaired) electrons. The van der Waals surface area contributed by atoms with Crippen molar-refractivity contribution in [3.63, 3.8) is 0 Å². The predicted molar refractivity (Wildman–Crippen MR) is 124 cm³/mol. The Morgan fingerprint density at radius 2 is 1.56 bits per heavy atom. The molecule has 5 nitrogen and oxygen atoms in total. The standard InChI is InChI=1S/C19H14Br2IN5/c1-12-6-24-18(25-7-12)14-2-13(8-23-9-16(20)5-22)3-15(4-14)19-26-10-17(21)11-27-19/h2-7,9-11H,8H2,1H3/b16-5+,23-9?. The summed E-state index contributed by atoms with van der Waals surface area (Å²) in [5.41, 5.74) is 3.86. The Morgan fingerprint density at radius 1 is 1.00 bits per heavy atom. The van der Waals surface area contributed by atoms with E-state index in [1.54, 1.807) is 18.6 Å². The van der Waals surface area contributed by atoms with Gasteiger partial charge in [-0.1, -0.05) is 22.6 Å². The number of aromatic nitrogens is 4. The van der Waals surface area contributed by atoms with Crippen molar-refractivity contribution in [2.75, 3.05) is 0 Å². The molecule has 0 aliphatic carbocycles. The first-order valence-electron chi connectivity index (χ1n) is 7.92. The van der Waals surface area contributed by atoms with E-state index >= 15 is 0 Å². The summed E-state index contributed by atoms with van der Waals surface area (Å²) in [6.07, 6.45) is 8.88. The Bertz CT molecular complexity index is 922. The molecular weight excluding hydrogens is 585 g/mol. The van der Waals surface area contributed by atoms with Crippen LogP contribution in [-0.2, 0) is 6.54 Å². The molecule has 0 spiro atoms. The van der Waals surface area contributed by atoms with Crippen LogP contribution in [0.4, 0.5) is 0 Å². The van der Waals surface area contributed by atoms with E-state index in [-0.39, 0.29) is 0 Å². The van der Waals surface area contributed by atoms with Crippen LogP contribution >= 0.6 is 54.5 Å². The fourth-order valence-electron chi connectivity index (χ4n) is 2.31. The highest BCUT2D eigenvalue weighted by molar-refractivity contribution is 14.1. The van der Waals surface area contributed by atoms with Crippen LogP contribution < -0.4 is 0 Å². The van der Waals surface area contributed by atoms with Crippen molar-refractivity contribution in [1.82, 2.24) is 19.9 Å². The fourth-order valence-corrected chi connectivity index (χ4v) is 2.82. The highest BCUT2D eigenvalue weighted by Gasteiger charge is 2.09. The Labute approximate surface area is 187 Å². The number of aryl methyl sites for hydroxylation is 1. The number of rotatable bonds is 5. The van der Waals surface area contributed by atoms with E-state index in [2.05, 4.69) is 79.4 Å². The zero-order valence-electron chi connectivity index (χ0n) is 14.3. The van der Waals surface area contributed by atoms with Crippen molar-refractivity contribution in [1.29, 1.82) is 0 Å². The zero-order chi connectivity index (χ0) is 19.2. The van der Waals surface area contributed by atoms with E-state index in [0.717, 1.165) is 31.2 Å². The topological polar surface area (TPSA) is 63.9 Å². The highest BCUT2D eigenvalue weighted by Crippen LogP contribution is 2.25. The second kappa shape index (κ2) is 9.61. The van der Waals surface area contributed by atoms with Crippen LogP contribution in [0.3, 0.4) is 0 Å². The van der Waals surface area contributed by atoms with Gasteiger partial charge in [-0.05, 0) is 72.2 Å². The number of hydrogen-bond acceptors (Lipinski definition) is 5. The van der Waals surface area contributed by atoms with Gasteiger partial charge in [-0.15, -0.1) is 0 Å². The van der Waals surface area contributed by atoms with Crippen LogP contribution in [0.15, 0.2) is 61.0 Å². The predicted octanol–water partition coefficient (Wildman–Crippen LogP) is 5.91. The summed E-state index contributed by atoms with van der Waals surface area (Å²) in [6, 6.07) is 6.09. The molecule has 8 heteroatoms. The van der Waals surface area contributed by atoms with E-state index in [1.165, 1.54) is 0 Å². The monoisotopic (exact) mass is 597 g/mol. The molecule has 0 saturated heterocycles. The van der Waals surface area contributed by atoms with Gasteiger partial charge in [-0.25, -0.2) is 19.9 Å². The molecule has 0 bridgehead atoms. The van der Waals surface area contributed by atoms with Crippen LogP contribution in [0.1, 0.15) is 11.1 Å². The van der Waals surface area contributed by atoms with Gasteiger partial charge in [0, 0.05) is 46.6 Å². The summed E-state index contributed by atoms with van der Waals surface area (Å²) in [4.78, 5) is 22.2. The zero-order valence-corrected chi connectivity index (χ0v) is 19.6. The van der Waals surface area contributed by atoms with Crippen molar-refractivity contribution in [3.05, 3.63) is 67.2 Å². The Balaban J connectivity index is 2.02. The van der Waals surface area contributed by atoms with Gasteiger partial charge >= 0.3 is 0 Å². The van der Waals surface area contributed by atoms with Crippen LogP contribution in [0.5, 0.6) is 0 Å². The summed E-state index contributed by atoms with van der Waals surface area (Å²) in [5.74, 6) is 1.31. The van der Waals surface area contributed by atoms with Gasteiger partial charge in [0.25, 0.3) is 0 Å². The van der Waals surface area contributed by atoms with E-state index in [9.17, 15) is 0 Å². The van der Waals surface area contributed by atoms with Gasteiger partial charge < -0.3 is 0 Å². The molecule has 0 atom stereocenters. The lowest BCUT2D eigenvalue weighted by atomic mass is 10.0. The van der Waals surface area contributed by atoms with Crippen LogP contribution in [-0.4, -0.2) is 26.2 Å². The largest absolute Gasteiger partial charge is 0.287 e. The molecule has 3 rings (SSSR count). The van der Waals surface area contributed by atoms with Gasteiger partial charge in [0.2, 0.25) is 0 Å². The maximum atomic E-state index is 4.48. The number of nitrogens with zero attached hydrogens (tertiary/aromatic N) is 5. The van der Waals surface area contributed by atoms with E-state index in [4.69, 9.17) is 0 Å². The molecule has 136 valence electrons. The van der Waals surface area contributed by atoms with E-state index in [1.807, 2.05) is 41.6 Å². The van der Waals surface area contributed by atoms with Crippen molar-refractivity contribution in [2.45, 2.75) is 13.5 Å². The highest BCUT2D eigenvalue weighted by atomic mass is 127. The first-order chi connectivity index (χ1) is 13.0. The van der Waals surface area contributed by atoms with Crippen molar-refractivity contribution < 1.29 is 0 Å². The number of halogens is 3. The molecule has 3 aromatic rings. The van der Waals surface area contributed by atoms with Crippen molar-refractivity contribution >= 4 is 60.7 Å². The third kappa shape index (κ3) is 5.73. The number of hydrogen-bond donors (Lipinski definition) is 0. The fraction of sp³-hybridized carbons (Fsp3) is 0.105. The van der Waals surface area contributed by atoms with Crippen LogP contribution in [0.2, 0.25) is 0 Å². The second-order valence-electron chi connectivity index (χ2n) is 5.69. The molecular formula is C19H14Br2IN5. The third-order valence-electron chi connectivity index (χ3n) is 3.50. The Morgan fingerprint density at radius 3 is 2.11 bits per heavy atom. The summed E-state index contributed by atoms with van der Waals surface area (Å²) >= 11 is 8.96. The normalized spacial score (nSPS) is 11.9. The molecule has 0 unspecified atom stereocenters. The van der Waals surface area contributed by atoms with Gasteiger partial charge in [0.05, 0.1) is 11.0 Å². The average Bonchev–Trinajstić information content (AvgIpc) is 2.68. The summed E-state index contributed by atoms with van der Waals surface area (Å²) in [5, 5.41) is 0. The maximum absolute atomic E-state index is 4.48. The molecule has 0 N–H and O–H groups in total. The number of allylic oxidation sites excluding steroid dienone is 1. The molecule has 27 heavy (non-hydrogen) atoms. The molecule has 0 amide bonds. The lowest BCUT2D eigenvalue weighted by molar-refractivity contribution is 1.07. The minimum atomic E-state index is 0.531. The molecule has 2 heterocycles. The average molecular weight is 599 g/mol. The second-order valence-corrected chi connectivity index (χ2v) is 8.15. The van der Waals surface area contributed by atoms with Gasteiger partial charge in [0.1, 0.15) is 0 Å². The number of aliphatic imine (C=N–C) groups is 1. The minimum absolute atomic E-state index is 0.531. The van der Waals surface area contributed by atoms with Gasteiger partial charge in [0.15, 0.2) is 11.6 Å². The molecule has 1 aromatic carbocycles. The van der Waals surface area contributed by atoms with E-state index < -0.39 is 0 Å². The maximum Gasteiger partial charge on any atom is 0.159 e. The van der Waals surface area contributed by atoms with Crippen LogP contribution in [0.25, 0.3) is 22.8 Å². The third-order valence-corrected chi connectivity index (χ3v) is 5.87. The van der Waals surface area contributed by atoms with Crippen molar-refractivity contribution in [3.8, 4) is 22.8 Å². The lowest BCUT2D eigenvalue weighted by Crippen LogP contribution is -1.95. The molecule has 0 saturated carbocycles. The molecule has 0 aliphatic heterocycles. The first-order valence-corrected chi connectivity index (χ1v) is 10.7. The molecule has 0 fully saturated rings. The lowest BCUT2D eigenvalue weighted by Gasteiger charge is -2.08. The molecule has 0 aliphatic rings. The summed E-state index contributed by atoms with van der Waals surface area (Å²) in [6.45, 7) is 2.50. The quantitative estimate of drug-likeness (QED) is 0.270. The first kappa shape index (κ1) is 20.2. The summed E-state index contributed by atoms with van der Waals surface area (Å²) in [7, 11) is 0. The SMILES string of the molecule is Cc1cnc(-c2cc(CN=C/C(Br)=C\I)cc(-c3ncc(Br)cn3)c2)nc1. The van der Waals surface area contributed by atoms with Crippen LogP contribution in [0, 0.1) is 6.92 Å². The Hall–Kier alpha value is -1.52. The van der Waals surface area contributed by atoms with Gasteiger partial charge in [-0.2, -0.15) is 0 Å². The molecule has 2 aromatic heterocycles. The Kier molecular flexibility index (Phi) is 7.20. The van der Waals surface area contributed by atoms with E-state index in [0.29, 0.717) is 18.2 Å². The smallest absolute Gasteiger partial charge is 0.159 e. The minimum Gasteiger partial charge on any atom is -0.287 e. The number of benzene rings is 1. The van der Waals surface area contributed by atoms with Crippen molar-refractivity contribution in [2.24, 2.45) is 4.99 Å².